The van der Waals surface area contributed by atoms with E-state index in [0.29, 0.717) is 19.8 Å². The number of benzene rings is 1. The maximum Gasteiger partial charge on any atom is 0.232 e. The Kier molecular flexibility index (Phi) is 4.28. The highest BCUT2D eigenvalue weighted by Crippen LogP contribution is 2.29. The van der Waals surface area contributed by atoms with Crippen LogP contribution in [0.3, 0.4) is 0 Å². The molecule has 0 aliphatic carbocycles. The lowest BCUT2D eigenvalue weighted by Gasteiger charge is -2.30. The molecule has 0 bridgehead atoms. The molecule has 0 radical (unpaired) electrons. The van der Waals surface area contributed by atoms with Crippen molar-refractivity contribution in [1.29, 1.82) is 0 Å². The fourth-order valence-corrected chi connectivity index (χ4v) is 2.77. The first kappa shape index (κ1) is 14.5. The van der Waals surface area contributed by atoms with Crippen molar-refractivity contribution in [3.8, 4) is 0 Å². The number of nitrogens with two attached hydrogens (primary N) is 1. The van der Waals surface area contributed by atoms with Crippen LogP contribution in [-0.2, 0) is 16.1 Å². The topological polar surface area (TPSA) is 55.6 Å². The van der Waals surface area contributed by atoms with Gasteiger partial charge in [0.25, 0.3) is 0 Å². The fraction of sp³-hybridized carbons (Fsp3) is 0.500. The third-order valence-electron chi connectivity index (χ3n) is 3.66. The molecule has 0 saturated carbocycles. The van der Waals surface area contributed by atoms with Gasteiger partial charge >= 0.3 is 0 Å². The molecule has 1 aromatic rings. The summed E-state index contributed by atoms with van der Waals surface area (Å²) in [5.41, 5.74) is 6.46. The number of rotatable bonds is 3. The Bertz CT molecular complexity index is 480. The molecular weight excluding hydrogens is 308 g/mol. The van der Waals surface area contributed by atoms with Gasteiger partial charge in [-0.3, -0.25) is 4.79 Å². The van der Waals surface area contributed by atoms with Crippen LogP contribution in [-0.4, -0.2) is 37.1 Å². The molecule has 1 saturated heterocycles. The zero-order valence-corrected chi connectivity index (χ0v) is 12.8. The first-order valence-electron chi connectivity index (χ1n) is 6.27. The summed E-state index contributed by atoms with van der Waals surface area (Å²) in [5.74, 6) is 0.0393. The van der Waals surface area contributed by atoms with Gasteiger partial charge in [0.1, 0.15) is 0 Å². The number of amides is 1. The second kappa shape index (κ2) is 5.61. The summed E-state index contributed by atoms with van der Waals surface area (Å²) in [5, 5.41) is 0. The van der Waals surface area contributed by atoms with Crippen LogP contribution in [0.15, 0.2) is 28.7 Å². The molecule has 1 aliphatic heterocycles. The predicted molar refractivity (Wildman–Crippen MR) is 77.5 cm³/mol. The lowest BCUT2D eigenvalue weighted by molar-refractivity contribution is -0.140. The third-order valence-corrected chi connectivity index (χ3v) is 4.15. The number of ether oxygens (including phenoxy) is 1. The Balaban J connectivity index is 2.07. The number of carbonyl (C=O) groups is 1. The second-order valence-electron chi connectivity index (χ2n) is 5.33. The van der Waals surface area contributed by atoms with Gasteiger partial charge in [-0.25, -0.2) is 0 Å². The Morgan fingerprint density at radius 3 is 2.95 bits per heavy atom. The molecule has 2 atom stereocenters. The van der Waals surface area contributed by atoms with Crippen molar-refractivity contribution in [3.05, 3.63) is 34.3 Å². The van der Waals surface area contributed by atoms with Crippen molar-refractivity contribution in [1.82, 2.24) is 4.90 Å². The molecule has 2 N–H and O–H groups in total. The van der Waals surface area contributed by atoms with Crippen molar-refractivity contribution in [3.63, 3.8) is 0 Å². The molecule has 1 heterocycles. The van der Waals surface area contributed by atoms with Crippen LogP contribution in [0, 0.1) is 5.41 Å². The average molecular weight is 327 g/mol. The largest absolute Gasteiger partial charge is 0.379 e. The highest BCUT2D eigenvalue weighted by Gasteiger charge is 2.45. The van der Waals surface area contributed by atoms with Crippen LogP contribution in [0.4, 0.5) is 0 Å². The van der Waals surface area contributed by atoms with Crippen LogP contribution in [0.2, 0.25) is 0 Å². The Morgan fingerprint density at radius 1 is 1.63 bits per heavy atom. The lowest BCUT2D eigenvalue weighted by atomic mass is 9.84. The van der Waals surface area contributed by atoms with E-state index in [1.165, 1.54) is 0 Å². The lowest BCUT2D eigenvalue weighted by Crippen LogP contribution is -2.50. The van der Waals surface area contributed by atoms with Gasteiger partial charge in [-0.1, -0.05) is 28.1 Å². The van der Waals surface area contributed by atoms with Crippen molar-refractivity contribution in [2.45, 2.75) is 19.5 Å². The van der Waals surface area contributed by atoms with Crippen molar-refractivity contribution >= 4 is 21.8 Å². The number of nitrogens with zero attached hydrogens (tertiary/aromatic N) is 1. The highest BCUT2D eigenvalue weighted by atomic mass is 79.9. The minimum absolute atomic E-state index is 0.0393. The van der Waals surface area contributed by atoms with E-state index < -0.39 is 5.41 Å². The Morgan fingerprint density at radius 2 is 2.37 bits per heavy atom. The van der Waals surface area contributed by atoms with Gasteiger partial charge < -0.3 is 15.4 Å². The van der Waals surface area contributed by atoms with E-state index in [-0.39, 0.29) is 11.9 Å². The summed E-state index contributed by atoms with van der Waals surface area (Å²) in [6.07, 6.45) is 0. The molecule has 0 aromatic heterocycles. The average Bonchev–Trinajstić information content (AvgIpc) is 2.70. The molecular formula is C14H19BrN2O2. The molecule has 1 amide bonds. The zero-order valence-electron chi connectivity index (χ0n) is 11.2. The van der Waals surface area contributed by atoms with Gasteiger partial charge in [-0.15, -0.1) is 0 Å². The zero-order chi connectivity index (χ0) is 14.0. The first-order valence-corrected chi connectivity index (χ1v) is 7.06. The maximum absolute atomic E-state index is 12.5. The minimum atomic E-state index is -0.610. The van der Waals surface area contributed by atoms with Gasteiger partial charge in [0.05, 0.1) is 18.6 Å². The van der Waals surface area contributed by atoms with Gasteiger partial charge in [0.2, 0.25) is 5.91 Å². The third kappa shape index (κ3) is 2.99. The molecule has 1 aliphatic rings. The summed E-state index contributed by atoms with van der Waals surface area (Å²) >= 11 is 3.43. The van der Waals surface area contributed by atoms with Crippen molar-refractivity contribution < 1.29 is 9.53 Å². The van der Waals surface area contributed by atoms with Gasteiger partial charge in [0.15, 0.2) is 0 Å². The highest BCUT2D eigenvalue weighted by molar-refractivity contribution is 9.10. The van der Waals surface area contributed by atoms with E-state index >= 15 is 0 Å². The van der Waals surface area contributed by atoms with Gasteiger partial charge in [0, 0.05) is 24.1 Å². The Labute approximate surface area is 122 Å². The van der Waals surface area contributed by atoms with E-state index in [9.17, 15) is 4.79 Å². The second-order valence-corrected chi connectivity index (χ2v) is 6.25. The molecule has 104 valence electrons. The maximum atomic E-state index is 12.5. The minimum Gasteiger partial charge on any atom is -0.379 e. The van der Waals surface area contributed by atoms with E-state index in [4.69, 9.17) is 10.5 Å². The smallest absolute Gasteiger partial charge is 0.232 e. The molecule has 1 fully saturated rings. The molecule has 1 aromatic carbocycles. The molecule has 2 rings (SSSR count). The van der Waals surface area contributed by atoms with Gasteiger partial charge in [-0.2, -0.15) is 0 Å². The summed E-state index contributed by atoms with van der Waals surface area (Å²) in [6, 6.07) is 7.71. The summed E-state index contributed by atoms with van der Waals surface area (Å²) < 4.78 is 6.34. The standard InChI is InChI=1S/C14H19BrN2O2/c1-14(9-19-8-12(14)16)13(18)17(2)7-10-4-3-5-11(15)6-10/h3-6,12H,7-9,16H2,1-2H3. The normalized spacial score (nSPS) is 26.4. The number of carbonyl (C=O) groups excluding carboxylic acids is 1. The quantitative estimate of drug-likeness (QED) is 0.921. The monoisotopic (exact) mass is 326 g/mol. The van der Waals surface area contributed by atoms with Crippen LogP contribution in [0.5, 0.6) is 0 Å². The Hall–Kier alpha value is -0.910. The van der Waals surface area contributed by atoms with Crippen LogP contribution < -0.4 is 5.73 Å². The summed E-state index contributed by atoms with van der Waals surface area (Å²) in [6.45, 7) is 3.30. The number of hydrogen-bond donors (Lipinski definition) is 1. The SMILES string of the molecule is CN(Cc1cccc(Br)c1)C(=O)C1(C)COCC1N. The van der Waals surface area contributed by atoms with Gasteiger partial charge in [-0.05, 0) is 24.6 Å². The molecule has 2 unspecified atom stereocenters. The summed E-state index contributed by atoms with van der Waals surface area (Å²) in [4.78, 5) is 14.2. The van der Waals surface area contributed by atoms with E-state index in [1.807, 2.05) is 31.2 Å². The molecule has 5 heteroatoms. The van der Waals surface area contributed by atoms with Crippen LogP contribution in [0.1, 0.15) is 12.5 Å². The van der Waals surface area contributed by atoms with E-state index in [2.05, 4.69) is 15.9 Å². The molecule has 4 nitrogen and oxygen atoms in total. The van der Waals surface area contributed by atoms with Crippen LogP contribution in [0.25, 0.3) is 0 Å². The number of halogens is 1. The van der Waals surface area contributed by atoms with E-state index in [1.54, 1.807) is 11.9 Å². The first-order chi connectivity index (χ1) is 8.93. The fourth-order valence-electron chi connectivity index (χ4n) is 2.33. The number of hydrogen-bond acceptors (Lipinski definition) is 3. The molecule has 19 heavy (non-hydrogen) atoms. The van der Waals surface area contributed by atoms with E-state index in [0.717, 1.165) is 10.0 Å². The van der Waals surface area contributed by atoms with Crippen LogP contribution >= 0.6 is 15.9 Å². The predicted octanol–water partition coefficient (Wildman–Crippen LogP) is 1.77. The summed E-state index contributed by atoms with van der Waals surface area (Å²) in [7, 11) is 1.81. The van der Waals surface area contributed by atoms with Crippen molar-refractivity contribution in [2.75, 3.05) is 20.3 Å². The molecule has 0 spiro atoms. The van der Waals surface area contributed by atoms with Crippen molar-refractivity contribution in [2.24, 2.45) is 11.1 Å².